The molecule has 0 fully saturated rings. The van der Waals surface area contributed by atoms with Gasteiger partial charge in [0.05, 0.1) is 24.6 Å². The van der Waals surface area contributed by atoms with Crippen molar-refractivity contribution in [2.45, 2.75) is 30.3 Å². The van der Waals surface area contributed by atoms with E-state index in [0.717, 1.165) is 11.3 Å². The fourth-order valence-corrected chi connectivity index (χ4v) is 3.98. The van der Waals surface area contributed by atoms with Crippen molar-refractivity contribution in [2.75, 3.05) is 11.1 Å². The summed E-state index contributed by atoms with van der Waals surface area (Å²) in [5.74, 6) is 0.701. The molecule has 1 aromatic carbocycles. The second-order valence-corrected chi connectivity index (χ2v) is 8.22. The van der Waals surface area contributed by atoms with Gasteiger partial charge in [-0.3, -0.25) is 9.59 Å². The smallest absolute Gasteiger partial charge is 0.231 e. The number of aromatic nitrogens is 2. The number of thioether (sulfide) groups is 1. The van der Waals surface area contributed by atoms with Crippen molar-refractivity contribution in [1.29, 1.82) is 0 Å². The number of amides is 1. The lowest BCUT2D eigenvalue weighted by molar-refractivity contribution is -0.125. The van der Waals surface area contributed by atoms with Crippen molar-refractivity contribution in [3.05, 3.63) is 60.1 Å². The van der Waals surface area contributed by atoms with Crippen molar-refractivity contribution in [2.24, 2.45) is 0 Å². The maximum atomic E-state index is 12.3. The molecular weight excluding hydrogens is 396 g/mol. The minimum atomic E-state index is -0.532. The molecule has 7 nitrogen and oxygen atoms in total. The van der Waals surface area contributed by atoms with Gasteiger partial charge < -0.3 is 15.1 Å². The van der Waals surface area contributed by atoms with Crippen molar-refractivity contribution >= 4 is 39.9 Å². The number of anilines is 1. The predicted octanol–water partition coefficient (Wildman–Crippen LogP) is 3.15. The summed E-state index contributed by atoms with van der Waals surface area (Å²) in [7, 11) is 0. The van der Waals surface area contributed by atoms with Crippen LogP contribution in [0.25, 0.3) is 0 Å². The summed E-state index contributed by atoms with van der Waals surface area (Å²) in [4.78, 5) is 24.1. The third-order valence-corrected chi connectivity index (χ3v) is 5.85. The van der Waals surface area contributed by atoms with Gasteiger partial charge in [-0.2, -0.15) is 0 Å². The topological polar surface area (TPSA) is 97.1 Å². The first kappa shape index (κ1) is 20.1. The van der Waals surface area contributed by atoms with Gasteiger partial charge in [-0.05, 0) is 31.0 Å². The van der Waals surface area contributed by atoms with Crippen LogP contribution < -0.4 is 10.6 Å². The van der Waals surface area contributed by atoms with Crippen LogP contribution in [0.5, 0.6) is 0 Å². The molecule has 28 heavy (non-hydrogen) atoms. The summed E-state index contributed by atoms with van der Waals surface area (Å²) in [6, 6.07) is 12.8. The first-order valence-electron chi connectivity index (χ1n) is 8.66. The Kier molecular flexibility index (Phi) is 7.21. The van der Waals surface area contributed by atoms with Crippen molar-refractivity contribution < 1.29 is 14.0 Å². The lowest BCUT2D eigenvalue weighted by Gasteiger charge is -2.15. The summed E-state index contributed by atoms with van der Waals surface area (Å²) >= 11 is 2.66. The zero-order valence-electron chi connectivity index (χ0n) is 15.3. The van der Waals surface area contributed by atoms with Gasteiger partial charge in [-0.25, -0.2) is 0 Å². The molecule has 3 aromatic rings. The minimum Gasteiger partial charge on any atom is -0.467 e. The number of benzene rings is 1. The van der Waals surface area contributed by atoms with Crippen LogP contribution in [-0.4, -0.2) is 33.7 Å². The maximum Gasteiger partial charge on any atom is 0.231 e. The molecular formula is C19H20N4O3S2. The van der Waals surface area contributed by atoms with Crippen LogP contribution >= 0.6 is 23.1 Å². The average Bonchev–Trinajstić information content (AvgIpc) is 3.37. The molecule has 1 atom stereocenters. The second-order valence-electron chi connectivity index (χ2n) is 6.02. The summed E-state index contributed by atoms with van der Waals surface area (Å²) in [5.41, 5.74) is 1.01. The molecule has 0 saturated carbocycles. The number of ketones is 1. The molecule has 1 amide bonds. The molecule has 146 valence electrons. The van der Waals surface area contributed by atoms with Gasteiger partial charge in [0.25, 0.3) is 0 Å². The zero-order chi connectivity index (χ0) is 19.8. The van der Waals surface area contributed by atoms with E-state index in [1.165, 1.54) is 30.0 Å². The molecule has 2 aromatic heterocycles. The summed E-state index contributed by atoms with van der Waals surface area (Å²) < 4.78 is 5.93. The molecule has 2 heterocycles. The fraction of sp³-hybridized carbons (Fsp3) is 0.263. The molecule has 0 bridgehead atoms. The van der Waals surface area contributed by atoms with E-state index >= 15 is 0 Å². The van der Waals surface area contributed by atoms with Gasteiger partial charge >= 0.3 is 0 Å². The normalized spacial score (nSPS) is 11.8. The molecule has 0 aliphatic rings. The number of nitrogens with zero attached hydrogens (tertiary/aromatic N) is 2. The van der Waals surface area contributed by atoms with E-state index < -0.39 is 6.04 Å². The Labute approximate surface area is 170 Å². The number of hydrogen-bond donors (Lipinski definition) is 2. The summed E-state index contributed by atoms with van der Waals surface area (Å²) in [6.45, 7) is 2.01. The average molecular weight is 417 g/mol. The van der Waals surface area contributed by atoms with Gasteiger partial charge in [-0.1, -0.05) is 53.4 Å². The third-order valence-electron chi connectivity index (χ3n) is 3.84. The molecule has 3 rings (SSSR count). The highest BCUT2D eigenvalue weighted by atomic mass is 32.2. The van der Waals surface area contributed by atoms with Gasteiger partial charge in [0.15, 0.2) is 10.1 Å². The van der Waals surface area contributed by atoms with Crippen LogP contribution in [0.4, 0.5) is 5.13 Å². The van der Waals surface area contributed by atoms with E-state index in [9.17, 15) is 9.59 Å². The highest BCUT2D eigenvalue weighted by Gasteiger charge is 2.18. The summed E-state index contributed by atoms with van der Waals surface area (Å²) in [5, 5.41) is 14.7. The third kappa shape index (κ3) is 6.21. The van der Waals surface area contributed by atoms with Gasteiger partial charge in [0.1, 0.15) is 5.76 Å². The number of carbonyl (C=O) groups excluding carboxylic acids is 2. The Morgan fingerprint density at radius 3 is 2.71 bits per heavy atom. The standard InChI is InChI=1S/C19H20N4O3S2/c1-13(24)16(10-14-6-3-2-4-7-14)21-17(25)12-27-19-23-22-18(28-19)20-11-15-8-5-9-26-15/h2-9,16H,10-12H2,1H3,(H,20,22)(H,21,25)/t16-/m1/s1. The van der Waals surface area contributed by atoms with E-state index in [4.69, 9.17) is 4.42 Å². The predicted molar refractivity (Wildman–Crippen MR) is 109 cm³/mol. The van der Waals surface area contributed by atoms with Gasteiger partial charge in [0.2, 0.25) is 11.0 Å². The van der Waals surface area contributed by atoms with E-state index in [-0.39, 0.29) is 17.4 Å². The molecule has 0 unspecified atom stereocenters. The monoisotopic (exact) mass is 416 g/mol. The van der Waals surface area contributed by atoms with E-state index in [2.05, 4.69) is 20.8 Å². The second kappa shape index (κ2) is 10.0. The van der Waals surface area contributed by atoms with E-state index in [1.54, 1.807) is 6.26 Å². The van der Waals surface area contributed by atoms with Crippen LogP contribution in [0.3, 0.4) is 0 Å². The Morgan fingerprint density at radius 2 is 2.00 bits per heavy atom. The molecule has 0 radical (unpaired) electrons. The Balaban J connectivity index is 1.45. The number of Topliss-reactive ketones (excluding diaryl/α,β-unsaturated/α-hetero) is 1. The highest BCUT2D eigenvalue weighted by Crippen LogP contribution is 2.25. The van der Waals surface area contributed by atoms with Gasteiger partial charge in [0, 0.05) is 0 Å². The van der Waals surface area contributed by atoms with Crippen molar-refractivity contribution in [3.8, 4) is 0 Å². The minimum absolute atomic E-state index is 0.0671. The molecule has 0 aliphatic carbocycles. The van der Waals surface area contributed by atoms with Crippen LogP contribution in [0.1, 0.15) is 18.2 Å². The first-order valence-corrected chi connectivity index (χ1v) is 10.5. The van der Waals surface area contributed by atoms with E-state index in [0.29, 0.717) is 22.4 Å². The Hall–Kier alpha value is -2.65. The zero-order valence-corrected chi connectivity index (χ0v) is 16.9. The highest BCUT2D eigenvalue weighted by molar-refractivity contribution is 8.01. The lowest BCUT2D eigenvalue weighted by atomic mass is 10.0. The Morgan fingerprint density at radius 1 is 1.18 bits per heavy atom. The van der Waals surface area contributed by atoms with Crippen LogP contribution in [0.15, 0.2) is 57.5 Å². The molecule has 0 aliphatic heterocycles. The number of nitrogens with one attached hydrogen (secondary N) is 2. The van der Waals surface area contributed by atoms with Crippen LogP contribution in [-0.2, 0) is 22.6 Å². The van der Waals surface area contributed by atoms with E-state index in [1.807, 2.05) is 42.5 Å². The number of carbonyl (C=O) groups is 2. The number of furan rings is 1. The molecule has 2 N–H and O–H groups in total. The fourth-order valence-electron chi connectivity index (χ4n) is 2.42. The van der Waals surface area contributed by atoms with Crippen LogP contribution in [0, 0.1) is 0 Å². The lowest BCUT2D eigenvalue weighted by Crippen LogP contribution is -2.42. The quantitative estimate of drug-likeness (QED) is 0.490. The molecule has 0 spiro atoms. The number of hydrogen-bond acceptors (Lipinski definition) is 8. The van der Waals surface area contributed by atoms with Crippen molar-refractivity contribution in [1.82, 2.24) is 15.5 Å². The number of rotatable bonds is 10. The largest absolute Gasteiger partial charge is 0.467 e. The summed E-state index contributed by atoms with van der Waals surface area (Å²) in [6.07, 6.45) is 2.09. The molecule has 9 heteroatoms. The Bertz CT molecular complexity index is 897. The van der Waals surface area contributed by atoms with Gasteiger partial charge in [-0.15, -0.1) is 10.2 Å². The van der Waals surface area contributed by atoms with Crippen LogP contribution in [0.2, 0.25) is 0 Å². The SMILES string of the molecule is CC(=O)[C@@H](Cc1ccccc1)NC(=O)CSc1nnc(NCc2ccco2)s1. The maximum absolute atomic E-state index is 12.3. The van der Waals surface area contributed by atoms with Crippen molar-refractivity contribution in [3.63, 3.8) is 0 Å². The first-order chi connectivity index (χ1) is 13.6. The molecule has 0 saturated heterocycles.